The van der Waals surface area contributed by atoms with Gasteiger partial charge in [0.25, 0.3) is 0 Å². The highest BCUT2D eigenvalue weighted by Gasteiger charge is 2.23. The Kier molecular flexibility index (Phi) is 4.05. The van der Waals surface area contributed by atoms with Crippen molar-refractivity contribution in [3.05, 3.63) is 24.0 Å². The summed E-state index contributed by atoms with van der Waals surface area (Å²) < 4.78 is 5.40. The van der Waals surface area contributed by atoms with E-state index in [1.54, 1.807) is 19.3 Å². The summed E-state index contributed by atoms with van der Waals surface area (Å²) in [4.78, 5) is 15.3. The Morgan fingerprint density at radius 3 is 2.69 bits per heavy atom. The van der Waals surface area contributed by atoms with Gasteiger partial charge in [-0.25, -0.2) is 0 Å². The van der Waals surface area contributed by atoms with Gasteiger partial charge in [-0.15, -0.1) is 0 Å². The van der Waals surface area contributed by atoms with Gasteiger partial charge in [-0.2, -0.15) is 0 Å². The number of nitrogens with zero attached hydrogens (tertiary/aromatic N) is 1. The van der Waals surface area contributed by atoms with Gasteiger partial charge < -0.3 is 4.74 Å². The van der Waals surface area contributed by atoms with Crippen molar-refractivity contribution in [1.29, 1.82) is 0 Å². The summed E-state index contributed by atoms with van der Waals surface area (Å²) in [5, 5.41) is 0. The molecular formula is C13H19NO2. The van der Waals surface area contributed by atoms with E-state index in [1.165, 1.54) is 0 Å². The molecule has 16 heavy (non-hydrogen) atoms. The minimum absolute atomic E-state index is 0.187. The Labute approximate surface area is 96.8 Å². The fraction of sp³-hybridized carbons (Fsp3) is 0.538. The number of ether oxygens (including phenoxy) is 1. The molecule has 3 nitrogen and oxygen atoms in total. The molecule has 3 heteroatoms. The van der Waals surface area contributed by atoms with Crippen molar-refractivity contribution in [3.63, 3.8) is 0 Å². The number of carbonyl (C=O) groups excluding carboxylic acids is 1. The lowest BCUT2D eigenvalue weighted by atomic mass is 9.81. The molecule has 88 valence electrons. The van der Waals surface area contributed by atoms with Crippen molar-refractivity contribution in [2.75, 3.05) is 6.61 Å². The van der Waals surface area contributed by atoms with Crippen LogP contribution in [0.25, 0.3) is 0 Å². The molecular weight excluding hydrogens is 202 g/mol. The van der Waals surface area contributed by atoms with Crippen molar-refractivity contribution in [2.24, 2.45) is 0 Å². The lowest BCUT2D eigenvalue weighted by Gasteiger charge is -2.23. The molecule has 0 N–H and O–H groups in total. The van der Waals surface area contributed by atoms with E-state index in [-0.39, 0.29) is 11.2 Å². The molecule has 1 aromatic heterocycles. The number of ketones is 1. The topological polar surface area (TPSA) is 39.2 Å². The molecule has 1 aromatic rings. The quantitative estimate of drug-likeness (QED) is 0.767. The lowest BCUT2D eigenvalue weighted by Crippen LogP contribution is -2.20. The summed E-state index contributed by atoms with van der Waals surface area (Å²) in [6, 6.07) is 1.96. The monoisotopic (exact) mass is 221 g/mol. The van der Waals surface area contributed by atoms with Crippen LogP contribution in [0.2, 0.25) is 0 Å². The van der Waals surface area contributed by atoms with Crippen molar-refractivity contribution in [1.82, 2.24) is 4.98 Å². The van der Waals surface area contributed by atoms with E-state index >= 15 is 0 Å². The zero-order valence-corrected chi connectivity index (χ0v) is 10.4. The van der Waals surface area contributed by atoms with Gasteiger partial charge in [-0.3, -0.25) is 9.78 Å². The van der Waals surface area contributed by atoms with E-state index in [0.717, 1.165) is 11.3 Å². The van der Waals surface area contributed by atoms with E-state index in [0.29, 0.717) is 13.0 Å². The van der Waals surface area contributed by atoms with E-state index in [4.69, 9.17) is 4.74 Å². The van der Waals surface area contributed by atoms with E-state index < -0.39 is 0 Å². The van der Waals surface area contributed by atoms with Crippen molar-refractivity contribution in [2.45, 2.75) is 39.5 Å². The number of hydrogen-bond donors (Lipinski definition) is 0. The average molecular weight is 221 g/mol. The molecule has 0 unspecified atom stereocenters. The normalized spacial score (nSPS) is 11.2. The summed E-state index contributed by atoms with van der Waals surface area (Å²) in [6.45, 7) is 8.26. The molecule has 0 fully saturated rings. The minimum atomic E-state index is -0.189. The van der Waals surface area contributed by atoms with Crippen LogP contribution in [-0.2, 0) is 10.2 Å². The second kappa shape index (κ2) is 5.10. The Bertz CT molecular complexity index is 372. The Balaban J connectivity index is 2.93. The number of rotatable bonds is 5. The van der Waals surface area contributed by atoms with E-state index in [9.17, 15) is 4.79 Å². The molecule has 0 spiro atoms. The van der Waals surface area contributed by atoms with Crippen LogP contribution < -0.4 is 4.74 Å². The van der Waals surface area contributed by atoms with Gasteiger partial charge in [0.15, 0.2) is 0 Å². The smallest absolute Gasteiger partial charge is 0.137 e. The minimum Gasteiger partial charge on any atom is -0.492 e. The maximum Gasteiger partial charge on any atom is 0.137 e. The fourth-order valence-electron chi connectivity index (χ4n) is 1.76. The highest BCUT2D eigenvalue weighted by atomic mass is 16.5. The van der Waals surface area contributed by atoms with Gasteiger partial charge in [0.2, 0.25) is 0 Å². The Morgan fingerprint density at radius 2 is 2.12 bits per heavy atom. The SMILES string of the molecule is CCOc1cncc(C(C)(C)CC(C)=O)c1. The number of hydrogen-bond acceptors (Lipinski definition) is 3. The van der Waals surface area contributed by atoms with Crippen molar-refractivity contribution < 1.29 is 9.53 Å². The van der Waals surface area contributed by atoms with Crippen LogP contribution in [0.1, 0.15) is 39.7 Å². The molecule has 1 rings (SSSR count). The van der Waals surface area contributed by atoms with E-state index in [2.05, 4.69) is 4.98 Å². The van der Waals surface area contributed by atoms with Crippen LogP contribution in [0.5, 0.6) is 5.75 Å². The van der Waals surface area contributed by atoms with Crippen LogP contribution in [0, 0.1) is 0 Å². The third-order valence-corrected chi connectivity index (χ3v) is 2.50. The highest BCUT2D eigenvalue weighted by molar-refractivity contribution is 5.77. The molecule has 0 bridgehead atoms. The van der Waals surface area contributed by atoms with Gasteiger partial charge in [0.05, 0.1) is 12.8 Å². The van der Waals surface area contributed by atoms with E-state index in [1.807, 2.05) is 26.8 Å². The molecule has 1 heterocycles. The number of aromatic nitrogens is 1. The summed E-state index contributed by atoms with van der Waals surface area (Å²) in [7, 11) is 0. The largest absolute Gasteiger partial charge is 0.492 e. The molecule has 0 atom stereocenters. The third-order valence-electron chi connectivity index (χ3n) is 2.50. The van der Waals surface area contributed by atoms with Gasteiger partial charge in [0.1, 0.15) is 11.5 Å². The second-order valence-electron chi connectivity index (χ2n) is 4.61. The second-order valence-corrected chi connectivity index (χ2v) is 4.61. The molecule has 0 saturated carbocycles. The molecule has 0 aliphatic rings. The maximum atomic E-state index is 11.2. The van der Waals surface area contributed by atoms with Gasteiger partial charge in [0, 0.05) is 12.6 Å². The highest BCUT2D eigenvalue weighted by Crippen LogP contribution is 2.28. The van der Waals surface area contributed by atoms with Gasteiger partial charge in [-0.05, 0) is 30.9 Å². The average Bonchev–Trinajstić information content (AvgIpc) is 2.16. The molecule has 0 aliphatic heterocycles. The standard InChI is InChI=1S/C13H19NO2/c1-5-16-12-6-11(8-14-9-12)13(3,4)7-10(2)15/h6,8-9H,5,7H2,1-4H3. The van der Waals surface area contributed by atoms with Crippen LogP contribution in [-0.4, -0.2) is 17.4 Å². The molecule has 0 aromatic carbocycles. The predicted molar refractivity (Wildman–Crippen MR) is 63.7 cm³/mol. The fourth-order valence-corrected chi connectivity index (χ4v) is 1.76. The first-order valence-corrected chi connectivity index (χ1v) is 5.53. The zero-order chi connectivity index (χ0) is 12.2. The number of carbonyl (C=O) groups is 1. The summed E-state index contributed by atoms with van der Waals surface area (Å²) in [5.41, 5.74) is 0.847. The van der Waals surface area contributed by atoms with Crippen LogP contribution in [0.4, 0.5) is 0 Å². The van der Waals surface area contributed by atoms with Gasteiger partial charge >= 0.3 is 0 Å². The number of pyridine rings is 1. The Morgan fingerprint density at radius 1 is 1.44 bits per heavy atom. The third kappa shape index (κ3) is 3.33. The molecule has 0 radical (unpaired) electrons. The Hall–Kier alpha value is -1.38. The molecule has 0 aliphatic carbocycles. The summed E-state index contributed by atoms with van der Waals surface area (Å²) >= 11 is 0. The zero-order valence-electron chi connectivity index (χ0n) is 10.4. The van der Waals surface area contributed by atoms with Crippen molar-refractivity contribution in [3.8, 4) is 5.75 Å². The molecule has 0 saturated heterocycles. The molecule has 0 amide bonds. The first-order valence-electron chi connectivity index (χ1n) is 5.53. The number of Topliss-reactive ketones (excluding diaryl/α,β-unsaturated/α-hetero) is 1. The van der Waals surface area contributed by atoms with Gasteiger partial charge in [-0.1, -0.05) is 13.8 Å². The summed E-state index contributed by atoms with van der Waals surface area (Å²) in [6.07, 6.45) is 4.01. The van der Waals surface area contributed by atoms with Crippen LogP contribution >= 0.6 is 0 Å². The van der Waals surface area contributed by atoms with Crippen molar-refractivity contribution >= 4 is 5.78 Å². The summed E-state index contributed by atoms with van der Waals surface area (Å²) in [5.74, 6) is 0.948. The first kappa shape index (κ1) is 12.7. The van der Waals surface area contributed by atoms with Crippen LogP contribution in [0.3, 0.4) is 0 Å². The lowest BCUT2D eigenvalue weighted by molar-refractivity contribution is -0.118. The van der Waals surface area contributed by atoms with Crippen LogP contribution in [0.15, 0.2) is 18.5 Å². The first-order chi connectivity index (χ1) is 7.45. The maximum absolute atomic E-state index is 11.2. The predicted octanol–water partition coefficient (Wildman–Crippen LogP) is 2.74.